The van der Waals surface area contributed by atoms with Gasteiger partial charge in [-0.3, -0.25) is 9.59 Å². The number of carbonyl (C=O) groups is 2. The van der Waals surface area contributed by atoms with Crippen LogP contribution < -0.4 is 0 Å². The molecule has 0 aromatic heterocycles. The summed E-state index contributed by atoms with van der Waals surface area (Å²) in [4.78, 5) is 19.3. The predicted octanol–water partition coefficient (Wildman–Crippen LogP) is 0.0746. The number of aliphatic hydroxyl groups is 1. The van der Waals surface area contributed by atoms with Gasteiger partial charge in [-0.15, -0.1) is 0 Å². The van der Waals surface area contributed by atoms with Crippen molar-refractivity contribution < 1.29 is 29.6 Å². The molecule has 0 amide bonds. The molecule has 0 heterocycles. The second-order valence-corrected chi connectivity index (χ2v) is 2.05. The van der Waals surface area contributed by atoms with E-state index in [-0.39, 0.29) is 19.4 Å². The van der Waals surface area contributed by atoms with Crippen LogP contribution in [0.4, 0.5) is 0 Å². The van der Waals surface area contributed by atoms with Gasteiger partial charge in [-0.2, -0.15) is 0 Å². The minimum Gasteiger partial charge on any atom is -0.499 e. The lowest BCUT2D eigenvalue weighted by Crippen LogP contribution is -2.00. The van der Waals surface area contributed by atoms with Gasteiger partial charge in [0.2, 0.25) is 0 Å². The summed E-state index contributed by atoms with van der Waals surface area (Å²) in [5.41, 5.74) is 0. The highest BCUT2D eigenvalue weighted by atomic mass is 16.5. The molecule has 0 aliphatic heterocycles. The van der Waals surface area contributed by atoms with Gasteiger partial charge in [-0.05, 0) is 0 Å². The van der Waals surface area contributed by atoms with Gasteiger partial charge in [0.1, 0.15) is 6.61 Å². The lowest BCUT2D eigenvalue weighted by atomic mass is 10.3. The number of hydrogen-bond donors (Lipinski definition) is 3. The minimum absolute atomic E-state index is 0.0615. The normalized spacial score (nSPS) is 8.07. The molecule has 0 atom stereocenters. The van der Waals surface area contributed by atoms with Crippen molar-refractivity contribution in [2.75, 3.05) is 13.2 Å². The standard InChI is InChI=1S/C4H6O4.C4H8O2/c5-3(6)1-2-4(7)8;1-2-6-4-3-5/h1-2H2,(H,5,6)(H,7,8);2,5H,1,3-4H2. The molecule has 0 aliphatic carbocycles. The summed E-state index contributed by atoms with van der Waals surface area (Å²) in [6.45, 7) is 3.68. The van der Waals surface area contributed by atoms with Crippen LogP contribution in [0.3, 0.4) is 0 Å². The zero-order valence-corrected chi connectivity index (χ0v) is 7.68. The molecule has 0 fully saturated rings. The Morgan fingerprint density at radius 2 is 1.64 bits per heavy atom. The third-order valence-corrected chi connectivity index (χ3v) is 0.880. The van der Waals surface area contributed by atoms with Crippen LogP contribution in [-0.4, -0.2) is 40.5 Å². The lowest BCUT2D eigenvalue weighted by Gasteiger charge is -1.89. The summed E-state index contributed by atoms with van der Waals surface area (Å²) in [5.74, 6) is -2.15. The van der Waals surface area contributed by atoms with Gasteiger partial charge in [-0.1, -0.05) is 6.58 Å². The van der Waals surface area contributed by atoms with Crippen LogP contribution in [0, 0.1) is 0 Å². The summed E-state index contributed by atoms with van der Waals surface area (Å²) < 4.78 is 4.50. The maximum absolute atomic E-state index is 9.64. The summed E-state index contributed by atoms with van der Waals surface area (Å²) >= 11 is 0. The second-order valence-electron chi connectivity index (χ2n) is 2.05. The monoisotopic (exact) mass is 206 g/mol. The number of carboxylic acids is 2. The van der Waals surface area contributed by atoms with Gasteiger partial charge < -0.3 is 20.1 Å². The molecule has 6 nitrogen and oxygen atoms in total. The smallest absolute Gasteiger partial charge is 0.303 e. The van der Waals surface area contributed by atoms with Gasteiger partial charge in [-0.25, -0.2) is 0 Å². The van der Waals surface area contributed by atoms with E-state index < -0.39 is 11.9 Å². The first kappa shape index (κ1) is 14.9. The highest BCUT2D eigenvalue weighted by molar-refractivity contribution is 5.75. The molecule has 0 aromatic carbocycles. The Hall–Kier alpha value is -1.56. The largest absolute Gasteiger partial charge is 0.499 e. The van der Waals surface area contributed by atoms with Crippen molar-refractivity contribution in [2.24, 2.45) is 0 Å². The average molecular weight is 206 g/mol. The number of hydrogen-bond acceptors (Lipinski definition) is 4. The Labute approximate surface area is 81.4 Å². The van der Waals surface area contributed by atoms with E-state index in [1.807, 2.05) is 0 Å². The van der Waals surface area contributed by atoms with Gasteiger partial charge in [0.15, 0.2) is 0 Å². The third-order valence-electron chi connectivity index (χ3n) is 0.880. The number of ether oxygens (including phenoxy) is 1. The van der Waals surface area contributed by atoms with Gasteiger partial charge in [0, 0.05) is 0 Å². The van der Waals surface area contributed by atoms with Crippen LogP contribution >= 0.6 is 0 Å². The first-order valence-corrected chi connectivity index (χ1v) is 3.81. The molecule has 0 aliphatic rings. The summed E-state index contributed by atoms with van der Waals surface area (Å²) in [6, 6.07) is 0. The van der Waals surface area contributed by atoms with Gasteiger partial charge in [0.25, 0.3) is 0 Å². The van der Waals surface area contributed by atoms with Crippen molar-refractivity contribution in [3.63, 3.8) is 0 Å². The SMILES string of the molecule is C=COCCO.O=C(O)CCC(=O)O. The minimum atomic E-state index is -1.08. The second kappa shape index (κ2) is 11.4. The average Bonchev–Trinajstić information content (AvgIpc) is 2.12. The highest BCUT2D eigenvalue weighted by Crippen LogP contribution is 1.86. The molecule has 14 heavy (non-hydrogen) atoms. The van der Waals surface area contributed by atoms with Crippen molar-refractivity contribution in [1.82, 2.24) is 0 Å². The van der Waals surface area contributed by atoms with Crippen molar-refractivity contribution in [3.05, 3.63) is 12.8 Å². The van der Waals surface area contributed by atoms with Crippen LogP contribution in [0.15, 0.2) is 12.8 Å². The molecule has 0 radical (unpaired) electrons. The van der Waals surface area contributed by atoms with E-state index in [1.54, 1.807) is 0 Å². The first-order chi connectivity index (χ1) is 6.54. The molecule has 0 unspecified atom stereocenters. The zero-order valence-electron chi connectivity index (χ0n) is 7.68. The molecule has 0 spiro atoms. The van der Waals surface area contributed by atoms with Crippen molar-refractivity contribution >= 4 is 11.9 Å². The van der Waals surface area contributed by atoms with E-state index in [9.17, 15) is 9.59 Å². The van der Waals surface area contributed by atoms with E-state index >= 15 is 0 Å². The Morgan fingerprint density at radius 3 is 1.79 bits per heavy atom. The quantitative estimate of drug-likeness (QED) is 0.419. The van der Waals surface area contributed by atoms with E-state index in [4.69, 9.17) is 15.3 Å². The third kappa shape index (κ3) is 22.4. The molecule has 0 aromatic rings. The molecule has 0 saturated heterocycles. The maximum atomic E-state index is 9.64. The van der Waals surface area contributed by atoms with Crippen molar-refractivity contribution in [2.45, 2.75) is 12.8 Å². The molecular formula is C8H14O6. The fourth-order valence-corrected chi connectivity index (χ4v) is 0.350. The Kier molecular flexibility index (Phi) is 12.2. The Morgan fingerprint density at radius 1 is 1.21 bits per heavy atom. The van der Waals surface area contributed by atoms with E-state index in [0.29, 0.717) is 6.61 Å². The van der Waals surface area contributed by atoms with Crippen LogP contribution in [0.25, 0.3) is 0 Å². The topological polar surface area (TPSA) is 104 Å². The number of aliphatic hydroxyl groups excluding tert-OH is 1. The maximum Gasteiger partial charge on any atom is 0.303 e. The van der Waals surface area contributed by atoms with Crippen LogP contribution in [0.1, 0.15) is 12.8 Å². The van der Waals surface area contributed by atoms with E-state index in [0.717, 1.165) is 0 Å². The van der Waals surface area contributed by atoms with Crippen molar-refractivity contribution in [3.8, 4) is 0 Å². The molecule has 82 valence electrons. The zero-order chi connectivity index (χ0) is 11.4. The van der Waals surface area contributed by atoms with E-state index in [1.165, 1.54) is 6.26 Å². The highest BCUT2D eigenvalue weighted by Gasteiger charge is 2.00. The predicted molar refractivity (Wildman–Crippen MR) is 47.7 cm³/mol. The number of aliphatic carboxylic acids is 2. The summed E-state index contributed by atoms with van der Waals surface area (Å²) in [7, 11) is 0. The van der Waals surface area contributed by atoms with Crippen LogP contribution in [0.5, 0.6) is 0 Å². The number of carboxylic acid groups (broad SMARTS) is 2. The van der Waals surface area contributed by atoms with Crippen LogP contribution in [-0.2, 0) is 14.3 Å². The van der Waals surface area contributed by atoms with Gasteiger partial charge in [0.05, 0.1) is 25.7 Å². The Bertz CT molecular complexity index is 163. The molecule has 3 N–H and O–H groups in total. The van der Waals surface area contributed by atoms with E-state index in [2.05, 4.69) is 11.3 Å². The Balaban J connectivity index is 0. The number of rotatable bonds is 6. The molecule has 0 saturated carbocycles. The fourth-order valence-electron chi connectivity index (χ4n) is 0.350. The van der Waals surface area contributed by atoms with Crippen molar-refractivity contribution in [1.29, 1.82) is 0 Å². The molecule has 6 heteroatoms. The lowest BCUT2D eigenvalue weighted by molar-refractivity contribution is -0.143. The van der Waals surface area contributed by atoms with Crippen LogP contribution in [0.2, 0.25) is 0 Å². The first-order valence-electron chi connectivity index (χ1n) is 3.81. The summed E-state index contributed by atoms with van der Waals surface area (Å²) in [5, 5.41) is 23.8. The molecule has 0 rings (SSSR count). The van der Waals surface area contributed by atoms with Gasteiger partial charge >= 0.3 is 11.9 Å². The molecule has 0 bridgehead atoms. The fraction of sp³-hybridized carbons (Fsp3) is 0.500. The summed E-state index contributed by atoms with van der Waals surface area (Å²) in [6.07, 6.45) is 0.709. The molecular weight excluding hydrogens is 192 g/mol.